The number of nitrogens with zero attached hydrogens (tertiary/aromatic N) is 4. The van der Waals surface area contributed by atoms with E-state index in [0.717, 1.165) is 66.8 Å². The molecule has 0 spiro atoms. The minimum Gasteiger partial charge on any atom is -0.310 e. The monoisotopic (exact) mass is 728 g/mol. The van der Waals surface area contributed by atoms with Gasteiger partial charge in [-0.05, 0) is 80.2 Å². The lowest BCUT2D eigenvalue weighted by Gasteiger charge is -2.28. The molecule has 0 unspecified atom stereocenters. The second-order valence-electron chi connectivity index (χ2n) is 14.1. The molecule has 1 aromatic heterocycles. The molecule has 4 nitrogen and oxygen atoms in total. The number of hydrogen-bond acceptors (Lipinski definition) is 4. The number of anilines is 3. The smallest absolute Gasteiger partial charge is 0.166 e. The van der Waals surface area contributed by atoms with Crippen LogP contribution >= 0.6 is 0 Å². The van der Waals surface area contributed by atoms with Gasteiger partial charge in [0.05, 0.1) is 11.3 Å². The van der Waals surface area contributed by atoms with E-state index in [1.807, 2.05) is 18.2 Å². The standard InChI is InChI=1S/C53H36N4/c1-4-14-37(15-5-1)39-24-29-42(30-25-39)51-54-52(43-31-26-40(27-32-43)45-33-28-38-16-10-11-18-44(38)36-45)56-53(55-51)50-48-23-13-12-17-41(48)34-35-49(50)57(46-19-6-2-7-20-46)47-21-8-3-9-22-47/h1-36H. The van der Waals surface area contributed by atoms with Crippen LogP contribution in [0.3, 0.4) is 0 Å². The summed E-state index contributed by atoms with van der Waals surface area (Å²) >= 11 is 0. The van der Waals surface area contributed by atoms with Crippen LogP contribution in [-0.2, 0) is 0 Å². The number of aromatic nitrogens is 3. The van der Waals surface area contributed by atoms with Gasteiger partial charge in [-0.1, -0.05) is 182 Å². The molecule has 0 bridgehead atoms. The average Bonchev–Trinajstić information content (AvgIpc) is 3.30. The summed E-state index contributed by atoms with van der Waals surface area (Å²) in [6.45, 7) is 0. The number of rotatable bonds is 8. The van der Waals surface area contributed by atoms with Crippen molar-refractivity contribution in [2.45, 2.75) is 0 Å². The number of hydrogen-bond donors (Lipinski definition) is 0. The van der Waals surface area contributed by atoms with Crippen LogP contribution in [0.5, 0.6) is 0 Å². The molecule has 10 aromatic rings. The summed E-state index contributed by atoms with van der Waals surface area (Å²) < 4.78 is 0. The lowest BCUT2D eigenvalue weighted by Crippen LogP contribution is -2.12. The highest BCUT2D eigenvalue weighted by Gasteiger charge is 2.23. The van der Waals surface area contributed by atoms with Crippen molar-refractivity contribution in [3.63, 3.8) is 0 Å². The maximum Gasteiger partial charge on any atom is 0.166 e. The first-order valence-corrected chi connectivity index (χ1v) is 19.2. The summed E-state index contributed by atoms with van der Waals surface area (Å²) in [5.74, 6) is 1.82. The van der Waals surface area contributed by atoms with Crippen LogP contribution < -0.4 is 4.90 Å². The summed E-state index contributed by atoms with van der Waals surface area (Å²) in [5.41, 5.74) is 10.4. The molecule has 0 atom stereocenters. The SMILES string of the molecule is c1ccc(-c2ccc(-c3nc(-c4ccc(-c5ccc6ccccc6c5)cc4)nc(-c4c(N(c5ccccc5)c5ccccc5)ccc5ccccc45)n3)cc2)cc1. The highest BCUT2D eigenvalue weighted by atomic mass is 15.2. The second-order valence-corrected chi connectivity index (χ2v) is 14.1. The summed E-state index contributed by atoms with van der Waals surface area (Å²) in [4.78, 5) is 18.1. The fraction of sp³-hybridized carbons (Fsp3) is 0. The fourth-order valence-electron chi connectivity index (χ4n) is 7.63. The van der Waals surface area contributed by atoms with E-state index in [-0.39, 0.29) is 0 Å². The summed E-state index contributed by atoms with van der Waals surface area (Å²) in [5, 5.41) is 4.61. The Hall–Kier alpha value is -7.69. The van der Waals surface area contributed by atoms with Gasteiger partial charge in [0, 0.05) is 22.5 Å². The Morgan fingerprint density at radius 1 is 0.281 bits per heavy atom. The van der Waals surface area contributed by atoms with Crippen molar-refractivity contribution < 1.29 is 0 Å². The van der Waals surface area contributed by atoms with E-state index < -0.39 is 0 Å². The van der Waals surface area contributed by atoms with Gasteiger partial charge in [0.25, 0.3) is 0 Å². The van der Waals surface area contributed by atoms with Gasteiger partial charge in [0.1, 0.15) is 0 Å². The lowest BCUT2D eigenvalue weighted by atomic mass is 9.99. The van der Waals surface area contributed by atoms with Crippen LogP contribution in [0.1, 0.15) is 0 Å². The quantitative estimate of drug-likeness (QED) is 0.156. The van der Waals surface area contributed by atoms with Crippen LogP contribution in [0.15, 0.2) is 218 Å². The van der Waals surface area contributed by atoms with Crippen molar-refractivity contribution in [2.75, 3.05) is 4.90 Å². The van der Waals surface area contributed by atoms with Crippen LogP contribution in [0.2, 0.25) is 0 Å². The minimum absolute atomic E-state index is 0.601. The van der Waals surface area contributed by atoms with Crippen molar-refractivity contribution in [1.82, 2.24) is 15.0 Å². The molecule has 0 aliphatic heterocycles. The van der Waals surface area contributed by atoms with Crippen molar-refractivity contribution in [3.05, 3.63) is 218 Å². The molecule has 9 aromatic carbocycles. The predicted octanol–water partition coefficient (Wildman–Crippen LogP) is 14.0. The number of fused-ring (bicyclic) bond motifs is 2. The zero-order valence-electron chi connectivity index (χ0n) is 31.1. The first kappa shape index (κ1) is 33.8. The van der Waals surface area contributed by atoms with Crippen molar-refractivity contribution in [2.24, 2.45) is 0 Å². The van der Waals surface area contributed by atoms with Gasteiger partial charge in [0.15, 0.2) is 17.5 Å². The molecule has 0 aliphatic rings. The van der Waals surface area contributed by atoms with Crippen molar-refractivity contribution in [1.29, 1.82) is 0 Å². The molecule has 0 saturated heterocycles. The predicted molar refractivity (Wildman–Crippen MR) is 237 cm³/mol. The molecular formula is C53H36N4. The topological polar surface area (TPSA) is 41.9 Å². The van der Waals surface area contributed by atoms with Gasteiger partial charge in [-0.15, -0.1) is 0 Å². The van der Waals surface area contributed by atoms with Crippen LogP contribution in [-0.4, -0.2) is 15.0 Å². The van der Waals surface area contributed by atoms with Gasteiger partial charge in [-0.3, -0.25) is 0 Å². The molecule has 268 valence electrons. The van der Waals surface area contributed by atoms with Crippen LogP contribution in [0, 0.1) is 0 Å². The number of benzene rings is 9. The second kappa shape index (κ2) is 14.9. The highest BCUT2D eigenvalue weighted by Crippen LogP contribution is 2.44. The molecule has 0 amide bonds. The van der Waals surface area contributed by atoms with Gasteiger partial charge >= 0.3 is 0 Å². The Balaban J connectivity index is 1.17. The minimum atomic E-state index is 0.601. The van der Waals surface area contributed by atoms with Crippen molar-refractivity contribution in [3.8, 4) is 56.4 Å². The van der Waals surface area contributed by atoms with E-state index in [0.29, 0.717) is 17.5 Å². The molecule has 4 heteroatoms. The van der Waals surface area contributed by atoms with Crippen LogP contribution in [0.4, 0.5) is 17.1 Å². The Labute approximate surface area is 332 Å². The zero-order chi connectivity index (χ0) is 38.0. The highest BCUT2D eigenvalue weighted by molar-refractivity contribution is 6.04. The fourth-order valence-corrected chi connectivity index (χ4v) is 7.63. The molecule has 0 radical (unpaired) electrons. The Morgan fingerprint density at radius 2 is 0.702 bits per heavy atom. The third kappa shape index (κ3) is 6.70. The third-order valence-electron chi connectivity index (χ3n) is 10.5. The Morgan fingerprint density at radius 3 is 1.32 bits per heavy atom. The average molecular weight is 729 g/mol. The van der Waals surface area contributed by atoms with Gasteiger partial charge in [-0.2, -0.15) is 0 Å². The summed E-state index contributed by atoms with van der Waals surface area (Å²) in [7, 11) is 0. The van der Waals surface area contributed by atoms with Gasteiger partial charge in [-0.25, -0.2) is 15.0 Å². The Bertz CT molecular complexity index is 2940. The van der Waals surface area contributed by atoms with E-state index in [2.05, 4.69) is 205 Å². The maximum absolute atomic E-state index is 5.34. The summed E-state index contributed by atoms with van der Waals surface area (Å²) in [6, 6.07) is 76.4. The molecule has 57 heavy (non-hydrogen) atoms. The van der Waals surface area contributed by atoms with E-state index in [1.54, 1.807) is 0 Å². The first-order chi connectivity index (χ1) is 28.2. The lowest BCUT2D eigenvalue weighted by molar-refractivity contribution is 1.07. The molecule has 0 fully saturated rings. The molecule has 1 heterocycles. The van der Waals surface area contributed by atoms with Crippen LogP contribution in [0.25, 0.3) is 78.0 Å². The van der Waals surface area contributed by atoms with Crippen molar-refractivity contribution >= 4 is 38.6 Å². The molecule has 10 rings (SSSR count). The first-order valence-electron chi connectivity index (χ1n) is 19.2. The molecule has 0 saturated carbocycles. The van der Waals surface area contributed by atoms with Gasteiger partial charge < -0.3 is 4.90 Å². The summed E-state index contributed by atoms with van der Waals surface area (Å²) in [6.07, 6.45) is 0. The number of para-hydroxylation sites is 2. The molecule has 0 aliphatic carbocycles. The maximum atomic E-state index is 5.34. The molecular weight excluding hydrogens is 693 g/mol. The van der Waals surface area contributed by atoms with Gasteiger partial charge in [0.2, 0.25) is 0 Å². The van der Waals surface area contributed by atoms with E-state index in [1.165, 1.54) is 10.8 Å². The van der Waals surface area contributed by atoms with E-state index in [4.69, 9.17) is 15.0 Å². The zero-order valence-corrected chi connectivity index (χ0v) is 31.1. The largest absolute Gasteiger partial charge is 0.310 e. The van der Waals surface area contributed by atoms with E-state index >= 15 is 0 Å². The van der Waals surface area contributed by atoms with E-state index in [9.17, 15) is 0 Å². The normalized spacial score (nSPS) is 11.2. The Kier molecular flexibility index (Phi) is 8.82. The third-order valence-corrected chi connectivity index (χ3v) is 10.5. The molecule has 0 N–H and O–H groups in total.